The third kappa shape index (κ3) is 3.58. The van der Waals surface area contributed by atoms with E-state index in [9.17, 15) is 13.2 Å². The number of carboxylic acids is 1. The van der Waals surface area contributed by atoms with E-state index in [1.165, 1.54) is 25.3 Å². The Labute approximate surface area is 103 Å². The molecule has 0 spiro atoms. The van der Waals surface area contributed by atoms with E-state index in [0.29, 0.717) is 5.02 Å². The van der Waals surface area contributed by atoms with Crippen molar-refractivity contribution < 1.29 is 23.1 Å². The van der Waals surface area contributed by atoms with Crippen LogP contribution >= 0.6 is 11.6 Å². The maximum atomic E-state index is 11.7. The van der Waals surface area contributed by atoms with Gasteiger partial charge in [0.25, 0.3) is 0 Å². The SMILES string of the molecule is COc1cc(Cl)ccc1S(=O)(=O)NCC(=O)O. The molecule has 94 valence electrons. The highest BCUT2D eigenvalue weighted by Crippen LogP contribution is 2.26. The highest BCUT2D eigenvalue weighted by molar-refractivity contribution is 7.89. The number of nitrogens with one attached hydrogen (secondary N) is 1. The van der Waals surface area contributed by atoms with Crippen LogP contribution in [0.3, 0.4) is 0 Å². The number of halogens is 1. The Morgan fingerprint density at radius 3 is 2.71 bits per heavy atom. The number of methoxy groups -OCH3 is 1. The molecule has 0 unspecified atom stereocenters. The fourth-order valence-corrected chi connectivity index (χ4v) is 2.38. The Balaban J connectivity index is 3.10. The first-order valence-corrected chi connectivity index (χ1v) is 6.28. The fourth-order valence-electron chi connectivity index (χ4n) is 1.10. The van der Waals surface area contributed by atoms with Crippen molar-refractivity contribution in [3.05, 3.63) is 23.2 Å². The number of benzene rings is 1. The van der Waals surface area contributed by atoms with Crippen LogP contribution in [0.1, 0.15) is 0 Å². The lowest BCUT2D eigenvalue weighted by molar-refractivity contribution is -0.135. The number of carbonyl (C=O) groups is 1. The molecule has 1 aromatic rings. The molecule has 0 atom stereocenters. The zero-order valence-corrected chi connectivity index (χ0v) is 10.4. The maximum Gasteiger partial charge on any atom is 0.318 e. The molecule has 0 bridgehead atoms. The van der Waals surface area contributed by atoms with E-state index in [4.69, 9.17) is 21.4 Å². The summed E-state index contributed by atoms with van der Waals surface area (Å²) in [6.45, 7) is -0.700. The van der Waals surface area contributed by atoms with E-state index < -0.39 is 22.5 Å². The Kier molecular flexibility index (Phi) is 4.33. The topological polar surface area (TPSA) is 92.7 Å². The maximum absolute atomic E-state index is 11.7. The first-order valence-electron chi connectivity index (χ1n) is 4.42. The number of hydrogen-bond acceptors (Lipinski definition) is 4. The zero-order chi connectivity index (χ0) is 13.1. The average molecular weight is 280 g/mol. The fraction of sp³-hybridized carbons (Fsp3) is 0.222. The van der Waals surface area contributed by atoms with Crippen molar-refractivity contribution in [2.75, 3.05) is 13.7 Å². The lowest BCUT2D eigenvalue weighted by atomic mass is 10.3. The van der Waals surface area contributed by atoms with Crippen LogP contribution in [0.2, 0.25) is 5.02 Å². The number of hydrogen-bond donors (Lipinski definition) is 2. The Morgan fingerprint density at radius 1 is 1.53 bits per heavy atom. The normalized spacial score (nSPS) is 11.2. The zero-order valence-electron chi connectivity index (χ0n) is 8.81. The summed E-state index contributed by atoms with van der Waals surface area (Å²) in [5, 5.41) is 8.73. The number of aliphatic carboxylic acids is 1. The second-order valence-electron chi connectivity index (χ2n) is 3.01. The van der Waals surface area contributed by atoms with E-state index >= 15 is 0 Å². The molecular weight excluding hydrogens is 270 g/mol. The summed E-state index contributed by atoms with van der Waals surface area (Å²) in [6.07, 6.45) is 0. The summed E-state index contributed by atoms with van der Waals surface area (Å²) in [5.41, 5.74) is 0. The molecule has 0 aliphatic heterocycles. The number of sulfonamides is 1. The first-order chi connectivity index (χ1) is 7.86. The Hall–Kier alpha value is -1.31. The Morgan fingerprint density at radius 2 is 2.18 bits per heavy atom. The van der Waals surface area contributed by atoms with Crippen molar-refractivity contribution in [3.63, 3.8) is 0 Å². The number of carboxylic acid groups (broad SMARTS) is 1. The standard InChI is InChI=1S/C9H10ClNO5S/c1-16-7-4-6(10)2-3-8(7)17(14,15)11-5-9(12)13/h2-4,11H,5H2,1H3,(H,12,13). The van der Waals surface area contributed by atoms with Gasteiger partial charge in [-0.25, -0.2) is 8.42 Å². The van der Waals surface area contributed by atoms with Gasteiger partial charge >= 0.3 is 5.97 Å². The second-order valence-corrected chi connectivity index (χ2v) is 5.19. The summed E-state index contributed by atoms with van der Waals surface area (Å²) >= 11 is 5.68. The molecule has 6 nitrogen and oxygen atoms in total. The quantitative estimate of drug-likeness (QED) is 0.828. The van der Waals surface area contributed by atoms with Crippen LogP contribution in [0, 0.1) is 0 Å². The van der Waals surface area contributed by atoms with Gasteiger partial charge in [0.15, 0.2) is 0 Å². The molecule has 2 N–H and O–H groups in total. The summed E-state index contributed by atoms with van der Waals surface area (Å²) < 4.78 is 30.2. The van der Waals surface area contributed by atoms with Gasteiger partial charge in [-0.15, -0.1) is 0 Å². The number of rotatable bonds is 5. The molecule has 0 saturated carbocycles. The van der Waals surface area contributed by atoms with Crippen LogP contribution in [0.25, 0.3) is 0 Å². The summed E-state index contributed by atoms with van der Waals surface area (Å²) in [7, 11) is -2.64. The molecule has 0 aliphatic rings. The smallest absolute Gasteiger partial charge is 0.318 e. The van der Waals surface area contributed by atoms with E-state index in [2.05, 4.69) is 0 Å². The predicted octanol–water partition coefficient (Wildman–Crippen LogP) is 0.712. The van der Waals surface area contributed by atoms with Crippen molar-refractivity contribution >= 4 is 27.6 Å². The largest absolute Gasteiger partial charge is 0.495 e. The molecule has 0 amide bonds. The van der Waals surface area contributed by atoms with Gasteiger partial charge in [-0.3, -0.25) is 4.79 Å². The van der Waals surface area contributed by atoms with E-state index in [1.54, 1.807) is 0 Å². The minimum atomic E-state index is -3.93. The molecule has 0 saturated heterocycles. The van der Waals surface area contributed by atoms with E-state index in [1.807, 2.05) is 4.72 Å². The van der Waals surface area contributed by atoms with Gasteiger partial charge in [-0.05, 0) is 12.1 Å². The van der Waals surface area contributed by atoms with E-state index in [-0.39, 0.29) is 10.6 Å². The number of ether oxygens (including phenoxy) is 1. The van der Waals surface area contributed by atoms with Gasteiger partial charge in [-0.1, -0.05) is 11.6 Å². The van der Waals surface area contributed by atoms with Crippen LogP contribution in [0.5, 0.6) is 5.75 Å². The molecule has 0 radical (unpaired) electrons. The van der Waals surface area contributed by atoms with Crippen molar-refractivity contribution in [2.24, 2.45) is 0 Å². The lowest BCUT2D eigenvalue weighted by Crippen LogP contribution is -2.29. The summed E-state index contributed by atoms with van der Waals surface area (Å²) in [5.74, 6) is -1.23. The molecule has 0 aliphatic carbocycles. The monoisotopic (exact) mass is 279 g/mol. The molecule has 0 heterocycles. The van der Waals surface area contributed by atoms with Gasteiger partial charge in [0, 0.05) is 11.1 Å². The van der Waals surface area contributed by atoms with Crippen molar-refractivity contribution in [2.45, 2.75) is 4.90 Å². The van der Waals surface area contributed by atoms with Gasteiger partial charge in [0.1, 0.15) is 17.2 Å². The molecule has 17 heavy (non-hydrogen) atoms. The van der Waals surface area contributed by atoms with Crippen LogP contribution < -0.4 is 9.46 Å². The van der Waals surface area contributed by atoms with Crippen molar-refractivity contribution in [3.8, 4) is 5.75 Å². The van der Waals surface area contributed by atoms with Gasteiger partial charge < -0.3 is 9.84 Å². The van der Waals surface area contributed by atoms with Crippen LogP contribution in [-0.4, -0.2) is 33.1 Å². The second kappa shape index (κ2) is 5.35. The van der Waals surface area contributed by atoms with Crippen molar-refractivity contribution in [1.29, 1.82) is 0 Å². The molecule has 1 aromatic carbocycles. The average Bonchev–Trinajstić information content (AvgIpc) is 2.26. The third-order valence-electron chi connectivity index (χ3n) is 1.83. The molecule has 1 rings (SSSR count). The minimum Gasteiger partial charge on any atom is -0.495 e. The predicted molar refractivity (Wildman–Crippen MR) is 60.8 cm³/mol. The minimum absolute atomic E-state index is 0.0513. The van der Waals surface area contributed by atoms with Crippen LogP contribution in [0.4, 0.5) is 0 Å². The van der Waals surface area contributed by atoms with Gasteiger partial charge in [0.2, 0.25) is 10.0 Å². The molecule has 0 aromatic heterocycles. The highest BCUT2D eigenvalue weighted by Gasteiger charge is 2.20. The summed E-state index contributed by atoms with van der Waals surface area (Å²) in [6, 6.07) is 3.95. The van der Waals surface area contributed by atoms with Crippen molar-refractivity contribution in [1.82, 2.24) is 4.72 Å². The van der Waals surface area contributed by atoms with Gasteiger partial charge in [0.05, 0.1) is 7.11 Å². The lowest BCUT2D eigenvalue weighted by Gasteiger charge is -2.09. The molecular formula is C9H10ClNO5S. The van der Waals surface area contributed by atoms with Crippen LogP contribution in [0.15, 0.2) is 23.1 Å². The highest BCUT2D eigenvalue weighted by atomic mass is 35.5. The molecule has 0 fully saturated rings. The molecule has 8 heteroatoms. The summed E-state index contributed by atoms with van der Waals surface area (Å²) in [4.78, 5) is 10.1. The first kappa shape index (κ1) is 13.8. The van der Waals surface area contributed by atoms with E-state index in [0.717, 1.165) is 0 Å². The van der Waals surface area contributed by atoms with Crippen LogP contribution in [-0.2, 0) is 14.8 Å². The third-order valence-corrected chi connectivity index (χ3v) is 3.50. The Bertz CT molecular complexity index is 528. The van der Waals surface area contributed by atoms with Gasteiger partial charge in [-0.2, -0.15) is 4.72 Å².